The van der Waals surface area contributed by atoms with Gasteiger partial charge in [-0.15, -0.1) is 0 Å². The minimum Gasteiger partial charge on any atom is -0.342 e. The van der Waals surface area contributed by atoms with E-state index < -0.39 is 0 Å². The molecule has 0 bridgehead atoms. The Balaban J connectivity index is 2.95. The molecule has 0 saturated heterocycles. The highest BCUT2D eigenvalue weighted by Crippen LogP contribution is 2.15. The van der Waals surface area contributed by atoms with Crippen LogP contribution in [0.15, 0.2) is 6.20 Å². The van der Waals surface area contributed by atoms with Gasteiger partial charge in [0.15, 0.2) is 11.5 Å². The third-order valence-corrected chi connectivity index (χ3v) is 1.88. The molecule has 0 amide bonds. The highest BCUT2D eigenvalue weighted by atomic mass is 19.1. The fraction of sp³-hybridized carbons (Fsp3) is 0.286. The number of aryl methyl sites for hydroxylation is 2. The Hall–Kier alpha value is -1.32. The van der Waals surface area contributed by atoms with Crippen molar-refractivity contribution in [3.8, 4) is 0 Å². The molecule has 0 unspecified atom stereocenters. The van der Waals surface area contributed by atoms with E-state index in [9.17, 15) is 4.39 Å². The maximum atomic E-state index is 12.9. The van der Waals surface area contributed by atoms with Crippen LogP contribution >= 0.6 is 0 Å². The Morgan fingerprint density at radius 3 is 3.00 bits per heavy atom. The molecule has 2 heterocycles. The first-order valence-corrected chi connectivity index (χ1v) is 3.36. The highest BCUT2D eigenvalue weighted by Gasteiger charge is 2.09. The van der Waals surface area contributed by atoms with Gasteiger partial charge in [0.1, 0.15) is 11.3 Å². The van der Waals surface area contributed by atoms with Gasteiger partial charge in [-0.2, -0.15) is 0 Å². The summed E-state index contributed by atoms with van der Waals surface area (Å²) in [6, 6.07) is 0. The van der Waals surface area contributed by atoms with Crippen molar-refractivity contribution in [2.24, 2.45) is 7.05 Å². The van der Waals surface area contributed by atoms with Crippen molar-refractivity contribution < 1.29 is 4.39 Å². The molecular weight excluding hydrogens is 145 g/mol. The van der Waals surface area contributed by atoms with Gasteiger partial charge in [-0.05, 0) is 6.92 Å². The van der Waals surface area contributed by atoms with Crippen molar-refractivity contribution in [3.05, 3.63) is 17.8 Å². The van der Waals surface area contributed by atoms with Gasteiger partial charge in [0.05, 0.1) is 0 Å². The molecule has 0 saturated carbocycles. The Labute approximate surface area is 62.9 Å². The topological polar surface area (TPSA) is 33.6 Å². The van der Waals surface area contributed by atoms with E-state index in [1.807, 2.05) is 6.92 Å². The highest BCUT2D eigenvalue weighted by molar-refractivity contribution is 5.73. The summed E-state index contributed by atoms with van der Waals surface area (Å²) in [6.45, 7) is 1.84. The van der Waals surface area contributed by atoms with Crippen LogP contribution in [0.2, 0.25) is 0 Å². The average molecular weight is 153 g/mol. The van der Waals surface area contributed by atoms with Crippen LogP contribution in [-0.4, -0.2) is 14.5 Å². The Morgan fingerprint density at radius 2 is 2.36 bits per heavy atom. The minimum atomic E-state index is -0.247. The zero-order valence-electron chi connectivity index (χ0n) is 6.35. The number of nitrogens with zero attached hydrogens (tertiary/aromatic N) is 2. The summed E-state index contributed by atoms with van der Waals surface area (Å²) in [5, 5.41) is 0. The quantitative estimate of drug-likeness (QED) is 0.609. The van der Waals surface area contributed by atoms with Crippen LogP contribution in [0.4, 0.5) is 4.39 Å². The predicted octanol–water partition coefficient (Wildman–Crippen LogP) is 1.35. The normalized spacial score (nSPS) is 11.2. The summed E-state index contributed by atoms with van der Waals surface area (Å²) in [6.07, 6.45) is 1.32. The summed E-state index contributed by atoms with van der Waals surface area (Å²) in [5.74, 6) is 0.564. The number of hydrogen-bond acceptors (Lipinski definition) is 1. The summed E-state index contributed by atoms with van der Waals surface area (Å²) >= 11 is 0. The maximum absolute atomic E-state index is 12.9. The van der Waals surface area contributed by atoms with Crippen molar-refractivity contribution in [1.82, 2.24) is 14.5 Å². The number of nitrogens with one attached hydrogen (secondary N) is 1. The molecule has 1 N–H and O–H groups in total. The summed E-state index contributed by atoms with van der Waals surface area (Å²) < 4.78 is 14.7. The second-order valence-electron chi connectivity index (χ2n) is 2.55. The largest absolute Gasteiger partial charge is 0.342 e. The minimum absolute atomic E-state index is 0.247. The first kappa shape index (κ1) is 6.39. The van der Waals surface area contributed by atoms with Crippen LogP contribution in [0.25, 0.3) is 11.2 Å². The van der Waals surface area contributed by atoms with E-state index in [1.54, 1.807) is 11.6 Å². The number of imidazole rings is 1. The number of rotatable bonds is 0. The van der Waals surface area contributed by atoms with E-state index in [2.05, 4.69) is 9.97 Å². The van der Waals surface area contributed by atoms with Crippen molar-refractivity contribution in [2.45, 2.75) is 6.92 Å². The van der Waals surface area contributed by atoms with E-state index in [4.69, 9.17) is 0 Å². The molecule has 0 fully saturated rings. The van der Waals surface area contributed by atoms with Gasteiger partial charge < -0.3 is 9.55 Å². The molecule has 0 radical (unpaired) electrons. The van der Waals surface area contributed by atoms with Gasteiger partial charge in [0, 0.05) is 13.2 Å². The number of hydrogen-bond donors (Lipinski definition) is 1. The fourth-order valence-electron chi connectivity index (χ4n) is 1.18. The smallest absolute Gasteiger partial charge is 0.166 e. The van der Waals surface area contributed by atoms with Crippen molar-refractivity contribution in [2.75, 3.05) is 0 Å². The van der Waals surface area contributed by atoms with E-state index >= 15 is 0 Å². The molecule has 58 valence electrons. The van der Waals surface area contributed by atoms with Crippen molar-refractivity contribution >= 4 is 11.2 Å². The number of fused-ring (bicyclic) bond motifs is 1. The number of aromatic amines is 1. The number of halogens is 1. The lowest BCUT2D eigenvalue weighted by atomic mass is 10.5. The van der Waals surface area contributed by atoms with E-state index in [-0.39, 0.29) is 5.82 Å². The van der Waals surface area contributed by atoms with Gasteiger partial charge >= 0.3 is 0 Å². The molecular formula is C7H8FN3. The summed E-state index contributed by atoms with van der Waals surface area (Å²) in [4.78, 5) is 6.84. The first-order valence-electron chi connectivity index (χ1n) is 3.36. The molecule has 0 atom stereocenters. The zero-order chi connectivity index (χ0) is 8.01. The molecule has 4 heteroatoms. The lowest BCUT2D eigenvalue weighted by Gasteiger charge is -1.92. The fourth-order valence-corrected chi connectivity index (χ4v) is 1.18. The standard InChI is InChI=1S/C7H8FN3/c1-4-10-7-6(11(4)2)5(8)3-9-7/h3,9H,1-2H3. The van der Waals surface area contributed by atoms with Crippen LogP contribution in [0, 0.1) is 12.7 Å². The van der Waals surface area contributed by atoms with E-state index in [0.29, 0.717) is 11.2 Å². The Kier molecular flexibility index (Phi) is 1.07. The van der Waals surface area contributed by atoms with Crippen LogP contribution < -0.4 is 0 Å². The molecule has 2 aromatic rings. The molecule has 0 aliphatic rings. The van der Waals surface area contributed by atoms with E-state index in [0.717, 1.165) is 5.82 Å². The molecule has 3 nitrogen and oxygen atoms in total. The number of aromatic nitrogens is 3. The van der Waals surface area contributed by atoms with Crippen LogP contribution in [-0.2, 0) is 7.05 Å². The third-order valence-electron chi connectivity index (χ3n) is 1.88. The van der Waals surface area contributed by atoms with E-state index in [1.165, 1.54) is 6.20 Å². The van der Waals surface area contributed by atoms with Gasteiger partial charge in [0.25, 0.3) is 0 Å². The maximum Gasteiger partial charge on any atom is 0.166 e. The van der Waals surface area contributed by atoms with Gasteiger partial charge in [-0.25, -0.2) is 9.37 Å². The van der Waals surface area contributed by atoms with Crippen molar-refractivity contribution in [1.29, 1.82) is 0 Å². The first-order chi connectivity index (χ1) is 5.20. The van der Waals surface area contributed by atoms with Gasteiger partial charge in [0.2, 0.25) is 0 Å². The predicted molar refractivity (Wildman–Crippen MR) is 39.8 cm³/mol. The molecule has 0 spiro atoms. The zero-order valence-corrected chi connectivity index (χ0v) is 6.35. The number of H-pyrrole nitrogens is 1. The molecule has 2 rings (SSSR count). The molecule has 0 aliphatic carbocycles. The molecule has 11 heavy (non-hydrogen) atoms. The van der Waals surface area contributed by atoms with Crippen molar-refractivity contribution in [3.63, 3.8) is 0 Å². The van der Waals surface area contributed by atoms with Gasteiger partial charge in [-0.1, -0.05) is 0 Å². The van der Waals surface area contributed by atoms with Gasteiger partial charge in [-0.3, -0.25) is 0 Å². The third kappa shape index (κ3) is 0.691. The Morgan fingerprint density at radius 1 is 1.64 bits per heavy atom. The van der Waals surface area contributed by atoms with Crippen LogP contribution in [0.1, 0.15) is 5.82 Å². The lowest BCUT2D eigenvalue weighted by molar-refractivity contribution is 0.630. The SMILES string of the molecule is Cc1nc2[nH]cc(F)c2n1C. The Bertz CT molecular complexity index is 399. The molecule has 0 aliphatic heterocycles. The molecule has 0 aromatic carbocycles. The molecule has 2 aromatic heterocycles. The summed E-state index contributed by atoms with van der Waals surface area (Å²) in [7, 11) is 1.79. The lowest BCUT2D eigenvalue weighted by Crippen LogP contribution is -1.91. The van der Waals surface area contributed by atoms with Crippen LogP contribution in [0.5, 0.6) is 0 Å². The average Bonchev–Trinajstić information content (AvgIpc) is 2.41. The monoisotopic (exact) mass is 153 g/mol. The second-order valence-corrected chi connectivity index (χ2v) is 2.55. The van der Waals surface area contributed by atoms with Crippen LogP contribution in [0.3, 0.4) is 0 Å². The summed E-state index contributed by atoms with van der Waals surface area (Å²) in [5.41, 5.74) is 1.16. The second kappa shape index (κ2) is 1.84.